The smallest absolute Gasteiger partial charge is 0.414 e. The van der Waals surface area contributed by atoms with Crippen LogP contribution in [0.15, 0.2) is 83.9 Å². The molecule has 5 aromatic rings. The van der Waals surface area contributed by atoms with Gasteiger partial charge in [-0.1, -0.05) is 24.3 Å². The minimum absolute atomic E-state index is 0.122. The predicted octanol–water partition coefficient (Wildman–Crippen LogP) is 5.33. The number of nitrogens with zero attached hydrogens (tertiary/aromatic N) is 5. The highest BCUT2D eigenvalue weighted by molar-refractivity contribution is 5.88. The lowest BCUT2D eigenvalue weighted by Crippen LogP contribution is -2.34. The average molecular weight is 555 g/mol. The van der Waals surface area contributed by atoms with E-state index in [1.54, 1.807) is 70.3 Å². The summed E-state index contributed by atoms with van der Waals surface area (Å²) in [7, 11) is 3.12. The number of hydrogen-bond donors (Lipinski definition) is 1. The summed E-state index contributed by atoms with van der Waals surface area (Å²) in [5, 5.41) is 0. The summed E-state index contributed by atoms with van der Waals surface area (Å²) in [5.41, 5.74) is 7.27. The highest BCUT2D eigenvalue weighted by Gasteiger charge is 2.24. The number of amides is 1. The fraction of sp³-hybridized carbons (Fsp3) is 0.200. The van der Waals surface area contributed by atoms with Gasteiger partial charge in [0, 0.05) is 18.8 Å². The molecule has 0 aliphatic heterocycles. The SMILES string of the molecule is COc1cc(-n2c(=O)n(-c3cccc(N(C)C(=O)OC(C)(C)C)c3)c3ncnc(N)c32)ccc1Oc1ccccc1. The zero-order chi connectivity index (χ0) is 29.3. The molecule has 5 rings (SSSR count). The second-order valence-electron chi connectivity index (χ2n) is 10.2. The van der Waals surface area contributed by atoms with E-state index in [9.17, 15) is 9.59 Å². The average Bonchev–Trinajstić information content (AvgIpc) is 3.25. The first-order valence-electron chi connectivity index (χ1n) is 12.8. The molecule has 210 valence electrons. The summed E-state index contributed by atoms with van der Waals surface area (Å²) in [6.45, 7) is 5.38. The number of hydrogen-bond acceptors (Lipinski definition) is 8. The van der Waals surface area contributed by atoms with Gasteiger partial charge in [-0.3, -0.25) is 9.47 Å². The third kappa shape index (κ3) is 5.42. The van der Waals surface area contributed by atoms with Gasteiger partial charge in [0.1, 0.15) is 23.2 Å². The Morgan fingerprint density at radius 3 is 2.34 bits per heavy atom. The molecule has 41 heavy (non-hydrogen) atoms. The van der Waals surface area contributed by atoms with Crippen molar-refractivity contribution in [2.45, 2.75) is 26.4 Å². The lowest BCUT2D eigenvalue weighted by Gasteiger charge is -2.25. The van der Waals surface area contributed by atoms with E-state index < -0.39 is 17.4 Å². The molecule has 0 aliphatic carbocycles. The first-order chi connectivity index (χ1) is 19.6. The van der Waals surface area contributed by atoms with E-state index in [-0.39, 0.29) is 5.82 Å². The number of carbonyl (C=O) groups is 1. The van der Waals surface area contributed by atoms with Crippen molar-refractivity contribution < 1.29 is 19.0 Å². The van der Waals surface area contributed by atoms with E-state index in [4.69, 9.17) is 19.9 Å². The number of fused-ring (bicyclic) bond motifs is 1. The third-order valence-corrected chi connectivity index (χ3v) is 6.17. The fourth-order valence-corrected chi connectivity index (χ4v) is 4.29. The first kappa shape index (κ1) is 27.3. The van der Waals surface area contributed by atoms with Crippen molar-refractivity contribution in [1.82, 2.24) is 19.1 Å². The molecule has 2 N–H and O–H groups in total. The molecule has 0 aliphatic rings. The number of rotatable bonds is 6. The molecule has 0 saturated heterocycles. The van der Waals surface area contributed by atoms with Crippen molar-refractivity contribution in [1.29, 1.82) is 0 Å². The van der Waals surface area contributed by atoms with Gasteiger partial charge < -0.3 is 19.9 Å². The summed E-state index contributed by atoms with van der Waals surface area (Å²) in [4.78, 5) is 36.6. The van der Waals surface area contributed by atoms with E-state index in [0.29, 0.717) is 45.5 Å². The molecule has 1 amide bonds. The normalized spacial score (nSPS) is 11.3. The zero-order valence-electron chi connectivity index (χ0n) is 23.4. The fourth-order valence-electron chi connectivity index (χ4n) is 4.29. The number of ether oxygens (including phenoxy) is 3. The zero-order valence-corrected chi connectivity index (χ0v) is 23.4. The maximum atomic E-state index is 14.0. The van der Waals surface area contributed by atoms with Crippen LogP contribution < -0.4 is 25.8 Å². The van der Waals surface area contributed by atoms with Crippen molar-refractivity contribution in [2.24, 2.45) is 0 Å². The predicted molar refractivity (Wildman–Crippen MR) is 157 cm³/mol. The standard InChI is InChI=1S/C30H30N6O5/c1-30(2,3)41-29(38)34(4)19-10-9-11-20(16-19)36-27-25(26(31)32-18-33-27)35(28(36)37)21-14-15-23(24(17-21)39-5)40-22-12-7-6-8-13-22/h6-18H,1-5H3,(H2,31,32,33). The van der Waals surface area contributed by atoms with Crippen LogP contribution in [0.4, 0.5) is 16.3 Å². The molecule has 0 bridgehead atoms. The van der Waals surface area contributed by atoms with Gasteiger partial charge in [0.05, 0.1) is 18.5 Å². The Balaban J connectivity index is 1.62. The van der Waals surface area contributed by atoms with Gasteiger partial charge in [0.15, 0.2) is 23.0 Å². The Morgan fingerprint density at radius 1 is 0.902 bits per heavy atom. The van der Waals surface area contributed by atoms with E-state index in [1.165, 1.54) is 27.5 Å². The minimum atomic E-state index is -0.662. The molecule has 0 radical (unpaired) electrons. The Bertz CT molecular complexity index is 1790. The number of anilines is 2. The van der Waals surface area contributed by atoms with Gasteiger partial charge in [-0.05, 0) is 63.2 Å². The number of carbonyl (C=O) groups excluding carboxylic acids is 1. The quantitative estimate of drug-likeness (QED) is 0.299. The Morgan fingerprint density at radius 2 is 1.63 bits per heavy atom. The number of aromatic nitrogens is 4. The van der Waals surface area contributed by atoms with E-state index in [0.717, 1.165) is 0 Å². The third-order valence-electron chi connectivity index (χ3n) is 6.17. The number of benzene rings is 3. The van der Waals surface area contributed by atoms with Crippen LogP contribution in [0.25, 0.3) is 22.5 Å². The van der Waals surface area contributed by atoms with Crippen molar-refractivity contribution in [3.8, 4) is 28.6 Å². The van der Waals surface area contributed by atoms with Crippen LogP contribution in [0.3, 0.4) is 0 Å². The van der Waals surface area contributed by atoms with Gasteiger partial charge in [-0.15, -0.1) is 0 Å². The highest BCUT2D eigenvalue weighted by atomic mass is 16.6. The van der Waals surface area contributed by atoms with Crippen LogP contribution in [0, 0.1) is 0 Å². The number of nitrogen functional groups attached to an aromatic ring is 1. The van der Waals surface area contributed by atoms with E-state index in [1.807, 2.05) is 30.3 Å². The topological polar surface area (TPSA) is 127 Å². The monoisotopic (exact) mass is 554 g/mol. The lowest BCUT2D eigenvalue weighted by atomic mass is 10.2. The van der Waals surface area contributed by atoms with Gasteiger partial charge in [0.25, 0.3) is 0 Å². The summed E-state index contributed by atoms with van der Waals surface area (Å²) < 4.78 is 19.9. The molecule has 2 heterocycles. The molecule has 0 spiro atoms. The molecule has 2 aromatic heterocycles. The van der Waals surface area contributed by atoms with Crippen molar-refractivity contribution >= 4 is 28.8 Å². The molecule has 11 heteroatoms. The molecule has 3 aromatic carbocycles. The number of methoxy groups -OCH3 is 1. The number of nitrogens with two attached hydrogens (primary N) is 1. The van der Waals surface area contributed by atoms with Crippen LogP contribution in [-0.4, -0.2) is 45.0 Å². The van der Waals surface area contributed by atoms with Crippen LogP contribution in [0.5, 0.6) is 17.2 Å². The van der Waals surface area contributed by atoms with Gasteiger partial charge >= 0.3 is 11.8 Å². The molecule has 0 unspecified atom stereocenters. The largest absolute Gasteiger partial charge is 0.493 e. The molecular formula is C30H30N6O5. The second-order valence-corrected chi connectivity index (χ2v) is 10.2. The first-order valence-corrected chi connectivity index (χ1v) is 12.8. The highest BCUT2D eigenvalue weighted by Crippen LogP contribution is 2.34. The minimum Gasteiger partial charge on any atom is -0.493 e. The second kappa shape index (κ2) is 10.7. The van der Waals surface area contributed by atoms with Crippen LogP contribution >= 0.6 is 0 Å². The van der Waals surface area contributed by atoms with Crippen LogP contribution in [0.2, 0.25) is 0 Å². The maximum absolute atomic E-state index is 14.0. The van der Waals surface area contributed by atoms with Crippen LogP contribution in [-0.2, 0) is 4.74 Å². The van der Waals surface area contributed by atoms with E-state index in [2.05, 4.69) is 9.97 Å². The molecular weight excluding hydrogens is 524 g/mol. The molecule has 11 nitrogen and oxygen atoms in total. The van der Waals surface area contributed by atoms with Gasteiger partial charge in [-0.25, -0.2) is 24.1 Å². The number of para-hydroxylation sites is 1. The Labute approximate surface area is 236 Å². The molecule has 0 atom stereocenters. The van der Waals surface area contributed by atoms with Crippen molar-refractivity contribution in [3.05, 3.63) is 89.6 Å². The summed E-state index contributed by atoms with van der Waals surface area (Å²) in [5.74, 6) is 1.65. The van der Waals surface area contributed by atoms with E-state index >= 15 is 0 Å². The molecule has 0 saturated carbocycles. The maximum Gasteiger partial charge on any atom is 0.414 e. The molecule has 0 fully saturated rings. The summed E-state index contributed by atoms with van der Waals surface area (Å²) >= 11 is 0. The summed E-state index contributed by atoms with van der Waals surface area (Å²) in [6.07, 6.45) is 0.771. The lowest BCUT2D eigenvalue weighted by molar-refractivity contribution is 0.0589. The van der Waals surface area contributed by atoms with Crippen molar-refractivity contribution in [3.63, 3.8) is 0 Å². The van der Waals surface area contributed by atoms with Crippen molar-refractivity contribution in [2.75, 3.05) is 24.8 Å². The van der Waals surface area contributed by atoms with Gasteiger partial charge in [0.2, 0.25) is 0 Å². The van der Waals surface area contributed by atoms with Gasteiger partial charge in [-0.2, -0.15) is 0 Å². The Kier molecular flexibility index (Phi) is 7.10. The van der Waals surface area contributed by atoms with Crippen LogP contribution in [0.1, 0.15) is 20.8 Å². The number of imidazole rings is 1. The Hall–Kier alpha value is -5.32. The summed E-state index contributed by atoms with van der Waals surface area (Å²) in [6, 6.07) is 21.4.